The highest BCUT2D eigenvalue weighted by molar-refractivity contribution is 6.20. The molecule has 6 nitrogen and oxygen atoms in total. The van der Waals surface area contributed by atoms with Crippen molar-refractivity contribution in [3.05, 3.63) is 29.5 Å². The third kappa shape index (κ3) is 3.53. The molecule has 1 fully saturated rings. The fourth-order valence-corrected chi connectivity index (χ4v) is 3.86. The molecule has 1 unspecified atom stereocenters. The summed E-state index contributed by atoms with van der Waals surface area (Å²) < 4.78 is 10.8. The number of hydrogen-bond donors (Lipinski definition) is 0. The zero-order valence-electron chi connectivity index (χ0n) is 16.5. The maximum Gasteiger partial charge on any atom is 0.255 e. The van der Waals surface area contributed by atoms with E-state index in [0.717, 1.165) is 43.3 Å². The minimum Gasteiger partial charge on any atom is -0.493 e. The molecule has 1 aromatic carbocycles. The van der Waals surface area contributed by atoms with E-state index in [0.29, 0.717) is 29.5 Å². The summed E-state index contributed by atoms with van der Waals surface area (Å²) >= 11 is 0. The molecule has 6 heteroatoms. The first-order valence-corrected chi connectivity index (χ1v) is 9.52. The van der Waals surface area contributed by atoms with Gasteiger partial charge < -0.3 is 24.1 Å². The summed E-state index contributed by atoms with van der Waals surface area (Å²) in [5.74, 6) is 1.77. The lowest BCUT2D eigenvalue weighted by molar-refractivity contribution is -0.126. The maximum atomic E-state index is 13.3. The standard InChI is InChI=1S/C21H28N2O4/c1-5-22-12-17(21(25)23-8-6-14(2)7-9-23)15-10-19(26-3)20(27-4)11-16(15)18(22)13-24/h10-14,18H,5-9H2,1-4H3. The van der Waals surface area contributed by atoms with E-state index in [2.05, 4.69) is 6.92 Å². The molecular formula is C21H28N2O4. The van der Waals surface area contributed by atoms with Crippen LogP contribution in [0.3, 0.4) is 0 Å². The number of likely N-dealkylation sites (tertiary alicyclic amines) is 1. The van der Waals surface area contributed by atoms with Gasteiger partial charge in [0.15, 0.2) is 11.5 Å². The van der Waals surface area contributed by atoms with Crippen LogP contribution >= 0.6 is 0 Å². The molecule has 0 saturated carbocycles. The molecule has 0 N–H and O–H groups in total. The Hall–Kier alpha value is -2.50. The summed E-state index contributed by atoms with van der Waals surface area (Å²) in [5.41, 5.74) is 2.14. The van der Waals surface area contributed by atoms with Crippen molar-refractivity contribution in [3.8, 4) is 11.5 Å². The lowest BCUT2D eigenvalue weighted by Gasteiger charge is -2.36. The van der Waals surface area contributed by atoms with Gasteiger partial charge in [-0.05, 0) is 48.9 Å². The molecule has 0 bridgehead atoms. The second kappa shape index (κ2) is 8.03. The molecule has 1 aromatic rings. The molecule has 1 saturated heterocycles. The van der Waals surface area contributed by atoms with Crippen molar-refractivity contribution in [1.82, 2.24) is 9.80 Å². The second-order valence-corrected chi connectivity index (χ2v) is 7.22. The largest absolute Gasteiger partial charge is 0.493 e. The van der Waals surface area contributed by atoms with Crippen LogP contribution in [0.25, 0.3) is 5.57 Å². The van der Waals surface area contributed by atoms with Gasteiger partial charge in [-0.2, -0.15) is 0 Å². The van der Waals surface area contributed by atoms with Crippen molar-refractivity contribution in [2.24, 2.45) is 5.92 Å². The Kier molecular flexibility index (Phi) is 5.73. The molecule has 0 spiro atoms. The summed E-state index contributed by atoms with van der Waals surface area (Å²) in [6.07, 6.45) is 4.78. The van der Waals surface area contributed by atoms with Gasteiger partial charge in [0.2, 0.25) is 0 Å². The van der Waals surface area contributed by atoms with Crippen molar-refractivity contribution in [1.29, 1.82) is 0 Å². The van der Waals surface area contributed by atoms with Gasteiger partial charge in [0.25, 0.3) is 5.91 Å². The summed E-state index contributed by atoms with van der Waals surface area (Å²) in [4.78, 5) is 28.9. The van der Waals surface area contributed by atoms with Gasteiger partial charge in [-0.25, -0.2) is 0 Å². The number of rotatable bonds is 5. The molecule has 0 aliphatic carbocycles. The number of aldehydes is 1. The molecule has 2 heterocycles. The smallest absolute Gasteiger partial charge is 0.255 e. The average molecular weight is 372 g/mol. The number of likely N-dealkylation sites (N-methyl/N-ethyl adjacent to an activating group) is 1. The minimum absolute atomic E-state index is 0.0122. The lowest BCUT2D eigenvalue weighted by Crippen LogP contribution is -2.40. The zero-order chi connectivity index (χ0) is 19.6. The molecule has 27 heavy (non-hydrogen) atoms. The highest BCUT2D eigenvalue weighted by Crippen LogP contribution is 2.41. The highest BCUT2D eigenvalue weighted by atomic mass is 16.5. The van der Waals surface area contributed by atoms with E-state index in [4.69, 9.17) is 9.47 Å². The third-order valence-corrected chi connectivity index (χ3v) is 5.61. The van der Waals surface area contributed by atoms with Gasteiger partial charge in [-0.15, -0.1) is 0 Å². The van der Waals surface area contributed by atoms with Gasteiger partial charge in [0.1, 0.15) is 12.3 Å². The van der Waals surface area contributed by atoms with Crippen LogP contribution in [0.15, 0.2) is 18.3 Å². The quantitative estimate of drug-likeness (QED) is 0.744. The van der Waals surface area contributed by atoms with E-state index in [1.54, 1.807) is 14.2 Å². The van der Waals surface area contributed by atoms with Crippen molar-refractivity contribution in [3.63, 3.8) is 0 Å². The van der Waals surface area contributed by atoms with Crippen LogP contribution in [0.2, 0.25) is 0 Å². The fourth-order valence-electron chi connectivity index (χ4n) is 3.86. The number of piperidine rings is 1. The van der Waals surface area contributed by atoms with E-state index >= 15 is 0 Å². The van der Waals surface area contributed by atoms with Crippen LogP contribution in [-0.4, -0.2) is 55.8 Å². The highest BCUT2D eigenvalue weighted by Gasteiger charge is 2.33. The van der Waals surface area contributed by atoms with E-state index in [9.17, 15) is 9.59 Å². The van der Waals surface area contributed by atoms with E-state index in [1.807, 2.05) is 35.1 Å². The number of carbonyl (C=O) groups is 2. The van der Waals surface area contributed by atoms with Crippen LogP contribution in [-0.2, 0) is 9.59 Å². The molecule has 1 atom stereocenters. The number of hydrogen-bond acceptors (Lipinski definition) is 5. The zero-order valence-corrected chi connectivity index (χ0v) is 16.5. The van der Waals surface area contributed by atoms with Gasteiger partial charge >= 0.3 is 0 Å². The molecule has 0 aromatic heterocycles. The van der Waals surface area contributed by atoms with Crippen LogP contribution in [0.4, 0.5) is 0 Å². The first-order valence-electron chi connectivity index (χ1n) is 9.52. The molecule has 3 rings (SSSR count). The Morgan fingerprint density at radius 1 is 1.19 bits per heavy atom. The fraction of sp³-hybridized carbons (Fsp3) is 0.524. The molecule has 146 valence electrons. The topological polar surface area (TPSA) is 59.1 Å². The summed E-state index contributed by atoms with van der Waals surface area (Å²) in [6, 6.07) is 3.19. The summed E-state index contributed by atoms with van der Waals surface area (Å²) in [7, 11) is 3.14. The Morgan fingerprint density at radius 2 is 1.81 bits per heavy atom. The molecule has 2 aliphatic heterocycles. The van der Waals surface area contributed by atoms with Crippen molar-refractivity contribution in [2.45, 2.75) is 32.7 Å². The monoisotopic (exact) mass is 372 g/mol. The Labute approximate surface area is 160 Å². The van der Waals surface area contributed by atoms with Crippen molar-refractivity contribution in [2.75, 3.05) is 33.9 Å². The molecule has 2 aliphatic rings. The summed E-state index contributed by atoms with van der Waals surface area (Å²) in [6.45, 7) is 6.36. The lowest BCUT2D eigenvalue weighted by atomic mass is 9.89. The van der Waals surface area contributed by atoms with Gasteiger partial charge in [-0.3, -0.25) is 4.79 Å². The number of benzene rings is 1. The van der Waals surface area contributed by atoms with E-state index in [-0.39, 0.29) is 5.91 Å². The van der Waals surface area contributed by atoms with Crippen LogP contribution in [0.5, 0.6) is 11.5 Å². The second-order valence-electron chi connectivity index (χ2n) is 7.22. The third-order valence-electron chi connectivity index (χ3n) is 5.61. The van der Waals surface area contributed by atoms with Crippen LogP contribution < -0.4 is 9.47 Å². The van der Waals surface area contributed by atoms with Gasteiger partial charge in [0, 0.05) is 25.8 Å². The normalized spacial score (nSPS) is 20.0. The predicted molar refractivity (Wildman–Crippen MR) is 104 cm³/mol. The van der Waals surface area contributed by atoms with Crippen molar-refractivity contribution >= 4 is 17.8 Å². The number of amides is 1. The van der Waals surface area contributed by atoms with E-state index in [1.165, 1.54) is 0 Å². The number of methoxy groups -OCH3 is 2. The predicted octanol–water partition coefficient (Wildman–Crippen LogP) is 2.88. The van der Waals surface area contributed by atoms with Crippen LogP contribution in [0.1, 0.15) is 43.9 Å². The Balaban J connectivity index is 2.07. The summed E-state index contributed by atoms with van der Waals surface area (Å²) in [5, 5.41) is 0. The maximum absolute atomic E-state index is 13.3. The molecule has 1 amide bonds. The van der Waals surface area contributed by atoms with Crippen molar-refractivity contribution < 1.29 is 19.1 Å². The molecule has 0 radical (unpaired) electrons. The van der Waals surface area contributed by atoms with Gasteiger partial charge in [-0.1, -0.05) is 6.92 Å². The van der Waals surface area contributed by atoms with Crippen LogP contribution in [0, 0.1) is 5.92 Å². The number of nitrogens with zero attached hydrogens (tertiary/aromatic N) is 2. The number of ether oxygens (including phenoxy) is 2. The first kappa shape index (κ1) is 19.3. The molecular weight excluding hydrogens is 344 g/mol. The Bertz CT molecular complexity index is 751. The van der Waals surface area contributed by atoms with Gasteiger partial charge in [0.05, 0.1) is 19.8 Å². The SMILES string of the molecule is CCN1C=C(C(=O)N2CCC(C)CC2)c2cc(OC)c(OC)cc2C1C=O. The number of carbonyl (C=O) groups excluding carboxylic acids is 2. The van der Waals surface area contributed by atoms with E-state index < -0.39 is 6.04 Å². The average Bonchev–Trinajstić information content (AvgIpc) is 2.71. The Morgan fingerprint density at radius 3 is 2.37 bits per heavy atom. The first-order chi connectivity index (χ1) is 13.0. The number of fused-ring (bicyclic) bond motifs is 1. The minimum atomic E-state index is -0.442.